The zero-order valence-electron chi connectivity index (χ0n) is 17.3. The van der Waals surface area contributed by atoms with Gasteiger partial charge in [0.1, 0.15) is 28.6 Å². The number of ether oxygens (including phenoxy) is 1. The standard InChI is InChI=1S/C22H25FN4O3/c1-5-24-20(27-22(4)8-9-22)18-12(2)29-13(3)19(18)21(28)25-11-17-26-15-10-14(23)6-7-16(15)30-17/h5-7,10,17,26-27H,2,8-9,11H2,1,3-4H3,(H,25,28)/b20-18-,24-5-. The molecule has 2 aliphatic rings. The van der Waals surface area contributed by atoms with Crippen molar-refractivity contribution in [1.82, 2.24) is 10.6 Å². The molecule has 1 fully saturated rings. The molecule has 1 aromatic carbocycles. The Morgan fingerprint density at radius 3 is 2.93 bits per heavy atom. The van der Waals surface area contributed by atoms with Crippen molar-refractivity contribution in [1.29, 1.82) is 0 Å². The average molecular weight is 412 g/mol. The molecule has 0 radical (unpaired) electrons. The first kappa shape index (κ1) is 20.0. The van der Waals surface area contributed by atoms with E-state index in [4.69, 9.17) is 9.15 Å². The van der Waals surface area contributed by atoms with Crippen LogP contribution in [-0.4, -0.2) is 30.4 Å². The molecule has 1 aliphatic carbocycles. The Bertz CT molecular complexity index is 1130. The van der Waals surface area contributed by atoms with Crippen LogP contribution in [0, 0.1) is 12.7 Å². The van der Waals surface area contributed by atoms with Crippen LogP contribution < -0.4 is 31.3 Å². The number of fused-ring (bicyclic) bond motifs is 1. The molecule has 1 atom stereocenters. The fourth-order valence-corrected chi connectivity index (χ4v) is 3.45. The molecule has 0 bridgehead atoms. The number of aryl methyl sites for hydroxylation is 1. The van der Waals surface area contributed by atoms with Gasteiger partial charge in [0.15, 0.2) is 6.23 Å². The number of nitrogens with one attached hydrogen (secondary N) is 3. The third kappa shape index (κ3) is 3.90. The summed E-state index contributed by atoms with van der Waals surface area (Å²) >= 11 is 0. The lowest BCUT2D eigenvalue weighted by molar-refractivity contribution is 0.0935. The molecule has 1 unspecified atom stereocenters. The normalized spacial score (nSPS) is 19.7. The third-order valence-corrected chi connectivity index (χ3v) is 5.27. The Hall–Kier alpha value is -3.29. The molecule has 1 amide bonds. The van der Waals surface area contributed by atoms with E-state index in [0.717, 1.165) is 12.8 Å². The fourth-order valence-electron chi connectivity index (χ4n) is 3.45. The summed E-state index contributed by atoms with van der Waals surface area (Å²) in [4.78, 5) is 17.5. The minimum Gasteiger partial charge on any atom is -0.467 e. The summed E-state index contributed by atoms with van der Waals surface area (Å²) in [6, 6.07) is 4.25. The van der Waals surface area contributed by atoms with Gasteiger partial charge in [-0.25, -0.2) is 9.38 Å². The number of amides is 1. The molecule has 0 spiro atoms. The summed E-state index contributed by atoms with van der Waals surface area (Å²) in [5.41, 5.74) is 1.30. The van der Waals surface area contributed by atoms with Crippen LogP contribution in [0.4, 0.5) is 10.1 Å². The molecule has 30 heavy (non-hydrogen) atoms. The van der Waals surface area contributed by atoms with Crippen LogP contribution in [0.1, 0.15) is 42.8 Å². The molecule has 4 rings (SSSR count). The number of rotatable bonds is 6. The van der Waals surface area contributed by atoms with Crippen LogP contribution in [-0.2, 0) is 0 Å². The van der Waals surface area contributed by atoms with Crippen molar-refractivity contribution in [3.8, 4) is 5.75 Å². The van der Waals surface area contributed by atoms with Gasteiger partial charge in [0.2, 0.25) is 0 Å². The third-order valence-electron chi connectivity index (χ3n) is 5.27. The average Bonchev–Trinajstić information content (AvgIpc) is 3.15. The smallest absolute Gasteiger partial charge is 0.255 e. The summed E-state index contributed by atoms with van der Waals surface area (Å²) in [6.45, 7) is 9.79. The number of anilines is 1. The van der Waals surface area contributed by atoms with Crippen LogP contribution in [0.25, 0.3) is 12.4 Å². The van der Waals surface area contributed by atoms with Gasteiger partial charge >= 0.3 is 0 Å². The van der Waals surface area contributed by atoms with E-state index in [9.17, 15) is 9.18 Å². The van der Waals surface area contributed by atoms with Crippen molar-refractivity contribution in [3.63, 3.8) is 0 Å². The first-order chi connectivity index (χ1) is 14.3. The van der Waals surface area contributed by atoms with Crippen molar-refractivity contribution in [2.45, 2.75) is 45.4 Å². The van der Waals surface area contributed by atoms with Crippen molar-refractivity contribution in [2.24, 2.45) is 4.99 Å². The van der Waals surface area contributed by atoms with E-state index < -0.39 is 6.23 Å². The molecule has 7 nitrogen and oxygen atoms in total. The number of furan rings is 1. The number of nitrogens with zero attached hydrogens (tertiary/aromatic N) is 1. The molecular weight excluding hydrogens is 387 g/mol. The lowest BCUT2D eigenvalue weighted by Crippen LogP contribution is -2.42. The van der Waals surface area contributed by atoms with Gasteiger partial charge in [-0.15, -0.1) is 0 Å². The molecule has 1 saturated carbocycles. The Kier molecular flexibility index (Phi) is 5.01. The predicted molar refractivity (Wildman–Crippen MR) is 113 cm³/mol. The molecule has 1 aromatic heterocycles. The van der Waals surface area contributed by atoms with Crippen LogP contribution in [0.2, 0.25) is 0 Å². The number of aliphatic imine (C=N–C) groups is 1. The minimum absolute atomic E-state index is 0.0319. The highest BCUT2D eigenvalue weighted by atomic mass is 19.1. The lowest BCUT2D eigenvalue weighted by atomic mass is 10.1. The number of benzene rings is 1. The number of hydrogen-bond donors (Lipinski definition) is 3. The predicted octanol–water partition coefficient (Wildman–Crippen LogP) is 2.00. The molecule has 0 saturated heterocycles. The van der Waals surface area contributed by atoms with E-state index in [2.05, 4.69) is 34.4 Å². The van der Waals surface area contributed by atoms with E-state index in [-0.39, 0.29) is 23.8 Å². The monoisotopic (exact) mass is 412 g/mol. The maximum atomic E-state index is 13.4. The summed E-state index contributed by atoms with van der Waals surface area (Å²) in [5, 5.41) is 9.88. The number of halogens is 1. The summed E-state index contributed by atoms with van der Waals surface area (Å²) in [5.74, 6) is 0.908. The van der Waals surface area contributed by atoms with Crippen molar-refractivity contribution < 1.29 is 18.3 Å². The lowest BCUT2D eigenvalue weighted by Gasteiger charge is -2.14. The van der Waals surface area contributed by atoms with E-state index >= 15 is 0 Å². The van der Waals surface area contributed by atoms with Gasteiger partial charge in [-0.05, 0) is 45.7 Å². The maximum absolute atomic E-state index is 13.4. The van der Waals surface area contributed by atoms with Crippen LogP contribution in [0.5, 0.6) is 5.75 Å². The van der Waals surface area contributed by atoms with Gasteiger partial charge in [0.25, 0.3) is 5.91 Å². The highest BCUT2D eigenvalue weighted by molar-refractivity contribution is 5.96. The zero-order chi connectivity index (χ0) is 21.5. The second-order valence-corrected chi connectivity index (χ2v) is 7.85. The van der Waals surface area contributed by atoms with Crippen molar-refractivity contribution in [2.75, 3.05) is 11.9 Å². The quantitative estimate of drug-likeness (QED) is 0.632. The Labute approximate surface area is 173 Å². The van der Waals surface area contributed by atoms with E-state index in [1.165, 1.54) is 12.1 Å². The van der Waals surface area contributed by atoms with Crippen LogP contribution in [0.3, 0.4) is 0 Å². The first-order valence-electron chi connectivity index (χ1n) is 9.90. The topological polar surface area (TPSA) is 87.9 Å². The summed E-state index contributed by atoms with van der Waals surface area (Å²) in [7, 11) is 0. The first-order valence-corrected chi connectivity index (χ1v) is 9.90. The molecule has 158 valence electrons. The van der Waals surface area contributed by atoms with Gasteiger partial charge in [0.05, 0.1) is 23.0 Å². The molecular formula is C22H25FN4O3. The number of hydrogen-bond acceptors (Lipinski definition) is 6. The van der Waals surface area contributed by atoms with Gasteiger partial charge in [-0.3, -0.25) is 4.79 Å². The largest absolute Gasteiger partial charge is 0.467 e. The van der Waals surface area contributed by atoms with Gasteiger partial charge < -0.3 is 25.1 Å². The summed E-state index contributed by atoms with van der Waals surface area (Å²) in [6.07, 6.45) is 3.24. The van der Waals surface area contributed by atoms with Crippen LogP contribution in [0.15, 0.2) is 27.6 Å². The van der Waals surface area contributed by atoms with Crippen LogP contribution >= 0.6 is 0 Å². The zero-order valence-corrected chi connectivity index (χ0v) is 17.3. The van der Waals surface area contributed by atoms with E-state index in [1.807, 2.05) is 6.92 Å². The Balaban J connectivity index is 1.56. The maximum Gasteiger partial charge on any atom is 0.255 e. The SMILES string of the molecule is C=c1oc(C)c(C(=O)NCC2Nc3cc(F)ccc3O2)/c1=C(/N=C\C)NC1(C)CC1. The number of carbonyl (C=O) groups excluding carboxylic acids is 1. The molecule has 8 heteroatoms. The number of carbonyl (C=O) groups is 1. The van der Waals surface area contributed by atoms with E-state index in [0.29, 0.717) is 39.2 Å². The molecule has 2 aromatic rings. The van der Waals surface area contributed by atoms with E-state index in [1.54, 1.807) is 19.2 Å². The van der Waals surface area contributed by atoms with Crippen molar-refractivity contribution in [3.05, 3.63) is 46.0 Å². The molecule has 2 heterocycles. The minimum atomic E-state index is -0.499. The van der Waals surface area contributed by atoms with Gasteiger partial charge in [-0.2, -0.15) is 0 Å². The molecule has 3 N–H and O–H groups in total. The highest BCUT2D eigenvalue weighted by Gasteiger charge is 2.38. The highest BCUT2D eigenvalue weighted by Crippen LogP contribution is 2.35. The Morgan fingerprint density at radius 1 is 1.47 bits per heavy atom. The molecule has 1 aliphatic heterocycles. The van der Waals surface area contributed by atoms with Gasteiger partial charge in [0, 0.05) is 17.8 Å². The second kappa shape index (κ2) is 7.51. The summed E-state index contributed by atoms with van der Waals surface area (Å²) < 4.78 is 24.7. The fraction of sp³-hybridized carbons (Fsp3) is 0.364. The van der Waals surface area contributed by atoms with Gasteiger partial charge in [-0.1, -0.05) is 6.58 Å². The Morgan fingerprint density at radius 2 is 2.23 bits per heavy atom. The van der Waals surface area contributed by atoms with Crippen molar-refractivity contribution >= 4 is 30.2 Å². The second-order valence-electron chi connectivity index (χ2n) is 7.85.